The number of ether oxygens (including phenoxy) is 1. The number of nitrogens with two attached hydrogens (primary N) is 1. The summed E-state index contributed by atoms with van der Waals surface area (Å²) in [6, 6.07) is 15.2. The predicted molar refractivity (Wildman–Crippen MR) is 76.9 cm³/mol. The van der Waals surface area contributed by atoms with Crippen LogP contribution >= 0.6 is 0 Å². The molecule has 0 aliphatic heterocycles. The number of anilines is 2. The van der Waals surface area contributed by atoms with Crippen LogP contribution in [0.2, 0.25) is 0 Å². The molecule has 0 aliphatic rings. The Bertz CT molecular complexity index is 507. The van der Waals surface area contributed by atoms with Crippen molar-refractivity contribution in [2.75, 3.05) is 11.1 Å². The molecule has 0 bridgehead atoms. The van der Waals surface area contributed by atoms with Crippen molar-refractivity contribution in [3.63, 3.8) is 0 Å². The third kappa shape index (κ3) is 4.19. The van der Waals surface area contributed by atoms with Gasteiger partial charge in [-0.2, -0.15) is 0 Å². The molecule has 0 fully saturated rings. The van der Waals surface area contributed by atoms with Crippen LogP contribution in [-0.4, -0.2) is 11.4 Å². The van der Waals surface area contributed by atoms with E-state index in [1.165, 1.54) is 0 Å². The van der Waals surface area contributed by atoms with E-state index in [1.807, 2.05) is 48.5 Å². The fourth-order valence-electron chi connectivity index (χ4n) is 1.69. The first kappa shape index (κ1) is 13.2. The highest BCUT2D eigenvalue weighted by molar-refractivity contribution is 5.51. The summed E-state index contributed by atoms with van der Waals surface area (Å²) in [6.07, 6.45) is -0.793. The average Bonchev–Trinajstić information content (AvgIpc) is 2.39. The van der Waals surface area contributed by atoms with Gasteiger partial charge in [-0.05, 0) is 48.9 Å². The lowest BCUT2D eigenvalue weighted by atomic mass is 10.2. The zero-order chi connectivity index (χ0) is 13.7. The summed E-state index contributed by atoms with van der Waals surface area (Å²) >= 11 is 0. The van der Waals surface area contributed by atoms with Crippen molar-refractivity contribution >= 4 is 11.4 Å². The van der Waals surface area contributed by atoms with Crippen molar-refractivity contribution in [3.8, 4) is 5.75 Å². The van der Waals surface area contributed by atoms with Crippen LogP contribution in [0.5, 0.6) is 5.75 Å². The number of nitrogens with one attached hydrogen (secondary N) is 1. The summed E-state index contributed by atoms with van der Waals surface area (Å²) in [4.78, 5) is 0. The Labute approximate surface area is 112 Å². The van der Waals surface area contributed by atoms with Gasteiger partial charge in [-0.15, -0.1) is 0 Å². The van der Waals surface area contributed by atoms with Crippen molar-refractivity contribution in [1.29, 1.82) is 0 Å². The quantitative estimate of drug-likeness (QED) is 0.569. The number of benzene rings is 2. The van der Waals surface area contributed by atoms with Gasteiger partial charge in [-0.25, -0.2) is 0 Å². The van der Waals surface area contributed by atoms with Gasteiger partial charge in [0.05, 0.1) is 0 Å². The van der Waals surface area contributed by atoms with E-state index < -0.39 is 6.29 Å². The molecule has 2 rings (SSSR count). The largest absolute Gasteiger partial charge is 0.465 e. The summed E-state index contributed by atoms with van der Waals surface area (Å²) in [7, 11) is 0. The summed E-state index contributed by atoms with van der Waals surface area (Å²) in [5, 5.41) is 12.4. The second-order valence-electron chi connectivity index (χ2n) is 4.34. The normalized spacial score (nSPS) is 11.9. The minimum absolute atomic E-state index is 0.659. The Kier molecular flexibility index (Phi) is 4.26. The molecule has 0 heterocycles. The van der Waals surface area contributed by atoms with Crippen molar-refractivity contribution in [3.05, 3.63) is 54.1 Å². The molecule has 0 aromatic heterocycles. The van der Waals surface area contributed by atoms with Gasteiger partial charge in [0, 0.05) is 17.9 Å². The maximum atomic E-state index is 9.10. The van der Waals surface area contributed by atoms with Crippen LogP contribution in [0.25, 0.3) is 0 Å². The van der Waals surface area contributed by atoms with E-state index in [9.17, 15) is 0 Å². The molecule has 4 heteroatoms. The smallest absolute Gasteiger partial charge is 0.194 e. The standard InChI is InChI=1S/C15H18N2O2/c1-11(18)19-15-8-2-12(3-9-15)10-17-14-6-4-13(16)5-7-14/h2-9,11,17-18H,10,16H2,1H3. The van der Waals surface area contributed by atoms with Gasteiger partial charge in [0.1, 0.15) is 5.75 Å². The van der Waals surface area contributed by atoms with Crippen LogP contribution in [-0.2, 0) is 6.54 Å². The van der Waals surface area contributed by atoms with Crippen molar-refractivity contribution in [1.82, 2.24) is 0 Å². The van der Waals surface area contributed by atoms with E-state index in [0.717, 1.165) is 23.5 Å². The van der Waals surface area contributed by atoms with Gasteiger partial charge < -0.3 is 20.9 Å². The number of aliphatic hydroxyl groups excluding tert-OH is 1. The molecular formula is C15H18N2O2. The number of aliphatic hydroxyl groups is 1. The van der Waals surface area contributed by atoms with E-state index in [-0.39, 0.29) is 0 Å². The van der Waals surface area contributed by atoms with Gasteiger partial charge in [0.15, 0.2) is 6.29 Å². The first-order chi connectivity index (χ1) is 9.13. The number of hydrogen-bond donors (Lipinski definition) is 3. The lowest BCUT2D eigenvalue weighted by Gasteiger charge is -2.10. The van der Waals surface area contributed by atoms with E-state index in [0.29, 0.717) is 5.75 Å². The van der Waals surface area contributed by atoms with Gasteiger partial charge >= 0.3 is 0 Å². The summed E-state index contributed by atoms with van der Waals surface area (Å²) in [5.74, 6) is 0.659. The monoisotopic (exact) mass is 258 g/mol. The van der Waals surface area contributed by atoms with E-state index in [2.05, 4.69) is 5.32 Å². The van der Waals surface area contributed by atoms with Crippen LogP contribution in [0.4, 0.5) is 11.4 Å². The second-order valence-corrected chi connectivity index (χ2v) is 4.34. The Hall–Kier alpha value is -2.20. The number of rotatable bonds is 5. The minimum Gasteiger partial charge on any atom is -0.465 e. The molecule has 0 aliphatic carbocycles. The molecule has 4 nitrogen and oxygen atoms in total. The summed E-state index contributed by atoms with van der Waals surface area (Å²) in [5.41, 5.74) is 8.54. The Morgan fingerprint density at radius 1 is 1.11 bits per heavy atom. The van der Waals surface area contributed by atoms with E-state index >= 15 is 0 Å². The molecule has 19 heavy (non-hydrogen) atoms. The van der Waals surface area contributed by atoms with E-state index in [1.54, 1.807) is 6.92 Å². The van der Waals surface area contributed by atoms with Crippen LogP contribution in [0.15, 0.2) is 48.5 Å². The maximum Gasteiger partial charge on any atom is 0.194 e. The molecule has 4 N–H and O–H groups in total. The fraction of sp³-hybridized carbons (Fsp3) is 0.200. The molecule has 100 valence electrons. The Morgan fingerprint density at radius 3 is 2.32 bits per heavy atom. The Balaban J connectivity index is 1.91. The Morgan fingerprint density at radius 2 is 1.74 bits per heavy atom. The zero-order valence-electron chi connectivity index (χ0n) is 10.8. The highest BCUT2D eigenvalue weighted by atomic mass is 16.6. The van der Waals surface area contributed by atoms with Crippen LogP contribution < -0.4 is 15.8 Å². The number of hydrogen-bond acceptors (Lipinski definition) is 4. The summed E-state index contributed by atoms with van der Waals surface area (Å²) in [6.45, 7) is 2.30. The first-order valence-corrected chi connectivity index (χ1v) is 6.16. The molecule has 2 aromatic rings. The van der Waals surface area contributed by atoms with Crippen molar-refractivity contribution in [2.24, 2.45) is 0 Å². The molecule has 0 radical (unpaired) electrons. The SMILES string of the molecule is CC(O)Oc1ccc(CNc2ccc(N)cc2)cc1. The van der Waals surface area contributed by atoms with Gasteiger partial charge in [0.25, 0.3) is 0 Å². The molecule has 0 amide bonds. The van der Waals surface area contributed by atoms with Gasteiger partial charge in [-0.1, -0.05) is 12.1 Å². The molecule has 0 spiro atoms. The van der Waals surface area contributed by atoms with Crippen LogP contribution in [0.1, 0.15) is 12.5 Å². The minimum atomic E-state index is -0.793. The first-order valence-electron chi connectivity index (χ1n) is 6.16. The molecule has 2 aromatic carbocycles. The maximum absolute atomic E-state index is 9.10. The van der Waals surface area contributed by atoms with Gasteiger partial charge in [-0.3, -0.25) is 0 Å². The third-order valence-electron chi connectivity index (χ3n) is 2.64. The molecule has 1 unspecified atom stereocenters. The highest BCUT2D eigenvalue weighted by Crippen LogP contribution is 2.15. The topological polar surface area (TPSA) is 67.5 Å². The second kappa shape index (κ2) is 6.11. The lowest BCUT2D eigenvalue weighted by molar-refractivity contribution is -0.000301. The lowest BCUT2D eigenvalue weighted by Crippen LogP contribution is -2.09. The zero-order valence-corrected chi connectivity index (χ0v) is 10.8. The van der Waals surface area contributed by atoms with Crippen LogP contribution in [0.3, 0.4) is 0 Å². The van der Waals surface area contributed by atoms with Gasteiger partial charge in [0.2, 0.25) is 0 Å². The molecular weight excluding hydrogens is 240 g/mol. The van der Waals surface area contributed by atoms with Crippen LogP contribution in [0, 0.1) is 0 Å². The number of nitrogen functional groups attached to an aromatic ring is 1. The average molecular weight is 258 g/mol. The highest BCUT2D eigenvalue weighted by Gasteiger charge is 1.99. The van der Waals surface area contributed by atoms with Crippen molar-refractivity contribution in [2.45, 2.75) is 19.8 Å². The fourth-order valence-corrected chi connectivity index (χ4v) is 1.69. The van der Waals surface area contributed by atoms with Crippen molar-refractivity contribution < 1.29 is 9.84 Å². The third-order valence-corrected chi connectivity index (χ3v) is 2.64. The predicted octanol–water partition coefficient (Wildman–Crippen LogP) is 2.60. The van der Waals surface area contributed by atoms with E-state index in [4.69, 9.17) is 15.6 Å². The molecule has 0 saturated heterocycles. The molecule has 1 atom stereocenters. The summed E-state index contributed by atoms with van der Waals surface area (Å²) < 4.78 is 5.17. The molecule has 0 saturated carbocycles.